The molecule has 0 amide bonds. The van der Waals surface area contributed by atoms with Gasteiger partial charge in [-0.1, -0.05) is 0 Å². The van der Waals surface area contributed by atoms with Crippen molar-refractivity contribution < 1.29 is 13.9 Å². The van der Waals surface area contributed by atoms with Crippen LogP contribution in [0.2, 0.25) is 0 Å². The number of hydrogen-bond acceptors (Lipinski definition) is 3. The molecule has 0 saturated heterocycles. The fourth-order valence-corrected chi connectivity index (χ4v) is 1.18. The molecule has 0 spiro atoms. The van der Waals surface area contributed by atoms with E-state index in [1.165, 1.54) is 12.1 Å². The van der Waals surface area contributed by atoms with Crippen LogP contribution in [-0.2, 0) is 6.42 Å². The molecule has 1 aromatic rings. The zero-order chi connectivity index (χ0) is 9.26. The van der Waals surface area contributed by atoms with Crippen molar-refractivity contribution in [1.29, 1.82) is 5.26 Å². The molecule has 0 bridgehead atoms. The Labute approximate surface area is 74.3 Å². The van der Waals surface area contributed by atoms with Crippen LogP contribution in [0.15, 0.2) is 12.1 Å². The van der Waals surface area contributed by atoms with E-state index < -0.39 is 5.82 Å². The van der Waals surface area contributed by atoms with E-state index in [0.717, 1.165) is 0 Å². The van der Waals surface area contributed by atoms with Crippen LogP contribution >= 0.6 is 0 Å². The lowest BCUT2D eigenvalue weighted by Gasteiger charge is -2.00. The molecule has 1 heterocycles. The maximum Gasteiger partial charge on any atom is 0.231 e. The van der Waals surface area contributed by atoms with E-state index in [4.69, 9.17) is 14.7 Å². The molecule has 0 radical (unpaired) electrons. The Balaban J connectivity index is 2.44. The highest BCUT2D eigenvalue weighted by Crippen LogP contribution is 2.34. The highest BCUT2D eigenvalue weighted by atomic mass is 19.1. The fraction of sp³-hybridized carbons (Fsp3) is 0.222. The first kappa shape index (κ1) is 7.87. The second-order valence-electron chi connectivity index (χ2n) is 2.63. The average Bonchev–Trinajstić information content (AvgIpc) is 2.52. The molecule has 2 rings (SSSR count). The van der Waals surface area contributed by atoms with Crippen LogP contribution in [0.5, 0.6) is 11.5 Å². The van der Waals surface area contributed by atoms with Gasteiger partial charge >= 0.3 is 0 Å². The second kappa shape index (κ2) is 2.94. The van der Waals surface area contributed by atoms with E-state index in [2.05, 4.69) is 0 Å². The van der Waals surface area contributed by atoms with Crippen LogP contribution in [0.3, 0.4) is 0 Å². The maximum atomic E-state index is 13.1. The van der Waals surface area contributed by atoms with E-state index in [1.54, 1.807) is 0 Å². The molecule has 3 nitrogen and oxygen atoms in total. The molecule has 0 unspecified atom stereocenters. The minimum Gasteiger partial charge on any atom is -0.454 e. The minimum absolute atomic E-state index is 0.0441. The van der Waals surface area contributed by atoms with Crippen LogP contribution in [0.25, 0.3) is 0 Å². The summed E-state index contributed by atoms with van der Waals surface area (Å²) in [5.41, 5.74) is 0.340. The zero-order valence-electron chi connectivity index (χ0n) is 6.71. The first-order valence-corrected chi connectivity index (χ1v) is 3.76. The van der Waals surface area contributed by atoms with Gasteiger partial charge in [-0.3, -0.25) is 0 Å². The Morgan fingerprint density at radius 2 is 2.08 bits per heavy atom. The molecular weight excluding hydrogens is 173 g/mol. The molecular formula is C9H6FNO2. The summed E-state index contributed by atoms with van der Waals surface area (Å²) in [4.78, 5) is 0. The first-order chi connectivity index (χ1) is 6.31. The molecule has 0 atom stereocenters. The average molecular weight is 179 g/mol. The van der Waals surface area contributed by atoms with Crippen LogP contribution in [-0.4, -0.2) is 6.79 Å². The highest BCUT2D eigenvalue weighted by molar-refractivity contribution is 5.45. The summed E-state index contributed by atoms with van der Waals surface area (Å²) in [5.74, 6) is 0.483. The van der Waals surface area contributed by atoms with Gasteiger partial charge in [-0.05, 0) is 6.07 Å². The van der Waals surface area contributed by atoms with Crippen molar-refractivity contribution in [1.82, 2.24) is 0 Å². The summed E-state index contributed by atoms with van der Waals surface area (Å²) in [6.45, 7) is 0.116. The summed E-state index contributed by atoms with van der Waals surface area (Å²) >= 11 is 0. The molecule has 1 aromatic carbocycles. The molecule has 0 fully saturated rings. The van der Waals surface area contributed by atoms with Crippen LogP contribution in [0, 0.1) is 17.1 Å². The third-order valence-corrected chi connectivity index (χ3v) is 1.81. The van der Waals surface area contributed by atoms with Gasteiger partial charge < -0.3 is 9.47 Å². The number of benzene rings is 1. The van der Waals surface area contributed by atoms with Crippen molar-refractivity contribution in [2.45, 2.75) is 6.42 Å². The highest BCUT2D eigenvalue weighted by Gasteiger charge is 2.16. The van der Waals surface area contributed by atoms with E-state index >= 15 is 0 Å². The third-order valence-electron chi connectivity index (χ3n) is 1.81. The Morgan fingerprint density at radius 1 is 1.38 bits per heavy atom. The Kier molecular flexibility index (Phi) is 1.78. The smallest absolute Gasteiger partial charge is 0.231 e. The van der Waals surface area contributed by atoms with Crippen molar-refractivity contribution in [3.63, 3.8) is 0 Å². The second-order valence-corrected chi connectivity index (χ2v) is 2.63. The van der Waals surface area contributed by atoms with E-state index in [-0.39, 0.29) is 13.2 Å². The largest absolute Gasteiger partial charge is 0.454 e. The molecule has 0 saturated carbocycles. The van der Waals surface area contributed by atoms with Crippen molar-refractivity contribution in [3.05, 3.63) is 23.5 Å². The SMILES string of the molecule is N#CCc1cc2c(cc1F)OCO2. The van der Waals surface area contributed by atoms with E-state index in [0.29, 0.717) is 17.1 Å². The molecule has 4 heteroatoms. The standard InChI is InChI=1S/C9H6FNO2/c10-7-4-9-8(12-5-13-9)3-6(7)1-2-11/h3-4H,1,5H2. The van der Waals surface area contributed by atoms with Crippen molar-refractivity contribution in [2.75, 3.05) is 6.79 Å². The zero-order valence-corrected chi connectivity index (χ0v) is 6.71. The molecule has 0 N–H and O–H groups in total. The van der Waals surface area contributed by atoms with Gasteiger partial charge in [-0.25, -0.2) is 4.39 Å². The van der Waals surface area contributed by atoms with Gasteiger partial charge in [0, 0.05) is 11.6 Å². The number of ether oxygens (including phenoxy) is 2. The quantitative estimate of drug-likeness (QED) is 0.657. The number of halogens is 1. The minimum atomic E-state index is -0.425. The molecule has 0 aromatic heterocycles. The van der Waals surface area contributed by atoms with Gasteiger partial charge in [0.1, 0.15) is 5.82 Å². The topological polar surface area (TPSA) is 42.2 Å². The number of nitrogens with zero attached hydrogens (tertiary/aromatic N) is 1. The van der Waals surface area contributed by atoms with Gasteiger partial charge in [0.05, 0.1) is 12.5 Å². The van der Waals surface area contributed by atoms with E-state index in [9.17, 15) is 4.39 Å². The third kappa shape index (κ3) is 1.29. The molecule has 1 aliphatic heterocycles. The van der Waals surface area contributed by atoms with Crippen molar-refractivity contribution in [3.8, 4) is 17.6 Å². The van der Waals surface area contributed by atoms with Gasteiger partial charge in [-0.2, -0.15) is 5.26 Å². The first-order valence-electron chi connectivity index (χ1n) is 3.76. The summed E-state index contributed by atoms with van der Waals surface area (Å²) in [6, 6.07) is 4.63. The lowest BCUT2D eigenvalue weighted by atomic mass is 10.1. The lowest BCUT2D eigenvalue weighted by molar-refractivity contribution is 0.174. The summed E-state index contributed by atoms with van der Waals surface area (Å²) in [7, 11) is 0. The van der Waals surface area contributed by atoms with Crippen molar-refractivity contribution >= 4 is 0 Å². The summed E-state index contributed by atoms with van der Waals surface area (Å²) in [6.07, 6.45) is 0.0441. The number of nitriles is 1. The van der Waals surface area contributed by atoms with Crippen LogP contribution in [0.1, 0.15) is 5.56 Å². The lowest BCUT2D eigenvalue weighted by Crippen LogP contribution is -1.92. The molecule has 0 aliphatic carbocycles. The van der Waals surface area contributed by atoms with Crippen LogP contribution in [0.4, 0.5) is 4.39 Å². The monoisotopic (exact) mass is 179 g/mol. The molecule has 66 valence electrons. The predicted molar refractivity (Wildman–Crippen MR) is 41.8 cm³/mol. The predicted octanol–water partition coefficient (Wildman–Crippen LogP) is 1.62. The van der Waals surface area contributed by atoms with Gasteiger partial charge in [-0.15, -0.1) is 0 Å². The Bertz CT molecular complexity index is 384. The van der Waals surface area contributed by atoms with Gasteiger partial charge in [0.15, 0.2) is 11.5 Å². The van der Waals surface area contributed by atoms with Crippen molar-refractivity contribution in [2.24, 2.45) is 0 Å². The summed E-state index contributed by atoms with van der Waals surface area (Å²) < 4.78 is 23.2. The Morgan fingerprint density at radius 3 is 2.77 bits per heavy atom. The van der Waals surface area contributed by atoms with E-state index in [1.807, 2.05) is 6.07 Å². The normalized spacial score (nSPS) is 12.6. The number of rotatable bonds is 1. The van der Waals surface area contributed by atoms with Crippen LogP contribution < -0.4 is 9.47 Å². The van der Waals surface area contributed by atoms with Gasteiger partial charge in [0.2, 0.25) is 6.79 Å². The number of hydrogen-bond donors (Lipinski definition) is 0. The maximum absolute atomic E-state index is 13.1. The molecule has 1 aliphatic rings. The van der Waals surface area contributed by atoms with Gasteiger partial charge in [0.25, 0.3) is 0 Å². The summed E-state index contributed by atoms with van der Waals surface area (Å²) in [5, 5.41) is 8.40. The molecule has 13 heavy (non-hydrogen) atoms. The fourth-order valence-electron chi connectivity index (χ4n) is 1.18. The number of fused-ring (bicyclic) bond motifs is 1. The Hall–Kier alpha value is -1.76.